The molecule has 0 spiro atoms. The minimum atomic E-state index is -0.649. The Kier molecular flexibility index (Phi) is 5.96. The van der Waals surface area contributed by atoms with Crippen molar-refractivity contribution in [3.05, 3.63) is 59.6 Å². The lowest BCUT2D eigenvalue weighted by Gasteiger charge is -2.22. The van der Waals surface area contributed by atoms with Gasteiger partial charge in [-0.2, -0.15) is 4.98 Å². The molecule has 30 heavy (non-hydrogen) atoms. The zero-order valence-electron chi connectivity index (χ0n) is 16.4. The monoisotopic (exact) mass is 442 g/mol. The Morgan fingerprint density at radius 3 is 2.83 bits per heavy atom. The topological polar surface area (TPSA) is 78.4 Å². The lowest BCUT2D eigenvalue weighted by atomic mass is 10.1. The summed E-state index contributed by atoms with van der Waals surface area (Å²) in [5.74, 6) is 2.05. The second kappa shape index (κ2) is 8.81. The summed E-state index contributed by atoms with van der Waals surface area (Å²) in [5.41, 5.74) is 2.88. The van der Waals surface area contributed by atoms with E-state index in [-0.39, 0.29) is 0 Å². The quantitative estimate of drug-likeness (QED) is 0.422. The van der Waals surface area contributed by atoms with Crippen molar-refractivity contribution in [1.82, 2.24) is 15.2 Å². The van der Waals surface area contributed by atoms with E-state index in [2.05, 4.69) is 27.1 Å². The third-order valence-electron chi connectivity index (χ3n) is 4.42. The maximum atomic E-state index is 6.33. The average Bonchev–Trinajstić information content (AvgIpc) is 2.93. The van der Waals surface area contributed by atoms with Gasteiger partial charge in [0.05, 0.1) is 19.8 Å². The molecule has 0 saturated heterocycles. The van der Waals surface area contributed by atoms with Crippen LogP contribution in [0.4, 0.5) is 5.69 Å². The molecule has 0 unspecified atom stereocenters. The minimum absolute atomic E-state index is 0.361. The van der Waals surface area contributed by atoms with Crippen molar-refractivity contribution < 1.29 is 14.2 Å². The summed E-state index contributed by atoms with van der Waals surface area (Å²) in [6.07, 6.45) is 1.13. The van der Waals surface area contributed by atoms with E-state index in [0.29, 0.717) is 44.6 Å². The normalized spacial score (nSPS) is 14.4. The van der Waals surface area contributed by atoms with Crippen LogP contribution in [-0.4, -0.2) is 35.2 Å². The van der Waals surface area contributed by atoms with Crippen LogP contribution < -0.4 is 19.5 Å². The maximum absolute atomic E-state index is 6.33. The summed E-state index contributed by atoms with van der Waals surface area (Å²) < 4.78 is 17.3. The van der Waals surface area contributed by atoms with Crippen molar-refractivity contribution >= 4 is 29.1 Å². The molecule has 1 N–H and O–H groups in total. The summed E-state index contributed by atoms with van der Waals surface area (Å²) in [4.78, 5) is 4.58. The van der Waals surface area contributed by atoms with Crippen LogP contribution in [0.15, 0.2) is 54.2 Å². The molecular weight excluding hydrogens is 424 g/mol. The van der Waals surface area contributed by atoms with Crippen LogP contribution >= 0.6 is 23.4 Å². The number of hydrogen-bond acceptors (Lipinski definition) is 8. The lowest BCUT2D eigenvalue weighted by Crippen LogP contribution is -2.18. The number of halogens is 1. The zero-order valence-corrected chi connectivity index (χ0v) is 18.0. The van der Waals surface area contributed by atoms with E-state index in [9.17, 15) is 0 Å². The minimum Gasteiger partial charge on any atom is -0.493 e. The highest BCUT2D eigenvalue weighted by Gasteiger charge is 2.29. The molecule has 0 amide bonds. The Morgan fingerprint density at radius 2 is 2.07 bits per heavy atom. The van der Waals surface area contributed by atoms with Crippen molar-refractivity contribution in [2.45, 2.75) is 11.4 Å². The van der Waals surface area contributed by atoms with Crippen LogP contribution in [0.2, 0.25) is 5.02 Å². The maximum Gasteiger partial charge on any atom is 0.247 e. The molecule has 4 rings (SSSR count). The number of fused-ring (bicyclic) bond motifs is 3. The van der Waals surface area contributed by atoms with Gasteiger partial charge >= 0.3 is 0 Å². The van der Waals surface area contributed by atoms with Crippen molar-refractivity contribution in [3.63, 3.8) is 0 Å². The van der Waals surface area contributed by atoms with Gasteiger partial charge in [-0.25, -0.2) is 0 Å². The van der Waals surface area contributed by atoms with Gasteiger partial charge in [0.1, 0.15) is 0 Å². The van der Waals surface area contributed by atoms with E-state index in [0.717, 1.165) is 11.3 Å². The zero-order chi connectivity index (χ0) is 21.1. The summed E-state index contributed by atoms with van der Waals surface area (Å²) in [6.45, 7) is 3.73. The Labute approximate surface area is 183 Å². The average molecular weight is 443 g/mol. The predicted octanol–water partition coefficient (Wildman–Crippen LogP) is 4.99. The highest BCUT2D eigenvalue weighted by atomic mass is 35.5. The number of nitrogens with zero attached hydrogens (tertiary/aromatic N) is 3. The van der Waals surface area contributed by atoms with Crippen LogP contribution in [0.5, 0.6) is 17.4 Å². The van der Waals surface area contributed by atoms with Gasteiger partial charge in [0, 0.05) is 28.1 Å². The summed E-state index contributed by atoms with van der Waals surface area (Å²) in [6, 6.07) is 11.2. The van der Waals surface area contributed by atoms with Gasteiger partial charge in [-0.15, -0.1) is 16.8 Å². The third kappa shape index (κ3) is 3.88. The number of nitrogens with one attached hydrogen (secondary N) is 1. The van der Waals surface area contributed by atoms with E-state index in [4.69, 9.17) is 25.8 Å². The fourth-order valence-corrected chi connectivity index (χ4v) is 3.87. The molecule has 0 fully saturated rings. The first kappa shape index (κ1) is 20.3. The number of thioether (sulfide) groups is 1. The molecule has 1 aromatic heterocycles. The Balaban J connectivity index is 1.86. The second-order valence-corrected chi connectivity index (χ2v) is 7.69. The molecule has 0 aliphatic carbocycles. The molecule has 2 heterocycles. The number of ether oxygens (including phenoxy) is 3. The van der Waals surface area contributed by atoms with Gasteiger partial charge in [-0.05, 0) is 12.1 Å². The van der Waals surface area contributed by atoms with Crippen molar-refractivity contribution in [3.8, 4) is 28.6 Å². The number of anilines is 1. The Bertz CT molecular complexity index is 1100. The largest absolute Gasteiger partial charge is 0.493 e. The summed E-state index contributed by atoms with van der Waals surface area (Å²) in [5, 5.41) is 13.0. The standard InChI is InChI=1S/C21H19ClN4O3S/c1-4-9-30-21-24-20-17(25-26-21)13-7-5-6-8-15(13)23-19(29-20)14-10-12(22)11-16(27-2)18(14)28-3/h4-8,10-11,19,23H,1,9H2,2-3H3/t19-/m1/s1. The first-order valence-electron chi connectivity index (χ1n) is 9.07. The molecular formula is C21H19ClN4O3S. The predicted molar refractivity (Wildman–Crippen MR) is 118 cm³/mol. The molecule has 1 atom stereocenters. The number of rotatable bonds is 6. The summed E-state index contributed by atoms with van der Waals surface area (Å²) in [7, 11) is 3.13. The first-order chi connectivity index (χ1) is 14.6. The van der Waals surface area contributed by atoms with E-state index in [1.165, 1.54) is 11.8 Å². The van der Waals surface area contributed by atoms with Crippen molar-refractivity contribution in [2.75, 3.05) is 25.3 Å². The number of benzene rings is 2. The fourth-order valence-electron chi connectivity index (χ4n) is 3.14. The molecule has 1 aliphatic rings. The van der Waals surface area contributed by atoms with Crippen LogP contribution in [0.1, 0.15) is 11.8 Å². The Morgan fingerprint density at radius 1 is 1.23 bits per heavy atom. The van der Waals surface area contributed by atoms with Crippen LogP contribution in [0, 0.1) is 0 Å². The number of methoxy groups -OCH3 is 2. The van der Waals surface area contributed by atoms with Gasteiger partial charge < -0.3 is 19.5 Å². The molecule has 0 bridgehead atoms. The van der Waals surface area contributed by atoms with E-state index < -0.39 is 6.23 Å². The second-order valence-electron chi connectivity index (χ2n) is 6.27. The van der Waals surface area contributed by atoms with Gasteiger partial charge in [-0.3, -0.25) is 0 Å². The molecule has 3 aromatic rings. The lowest BCUT2D eigenvalue weighted by molar-refractivity contribution is 0.218. The highest BCUT2D eigenvalue weighted by molar-refractivity contribution is 7.99. The summed E-state index contributed by atoms with van der Waals surface area (Å²) >= 11 is 7.76. The first-order valence-corrected chi connectivity index (χ1v) is 10.4. The van der Waals surface area contributed by atoms with Gasteiger partial charge in [0.2, 0.25) is 17.3 Å². The van der Waals surface area contributed by atoms with Crippen LogP contribution in [-0.2, 0) is 0 Å². The van der Waals surface area contributed by atoms with E-state index in [1.54, 1.807) is 32.4 Å². The van der Waals surface area contributed by atoms with Crippen LogP contribution in [0.3, 0.4) is 0 Å². The molecule has 0 radical (unpaired) electrons. The van der Waals surface area contributed by atoms with E-state index >= 15 is 0 Å². The molecule has 154 valence electrons. The van der Waals surface area contributed by atoms with Crippen molar-refractivity contribution in [1.29, 1.82) is 0 Å². The molecule has 7 nitrogen and oxygen atoms in total. The smallest absolute Gasteiger partial charge is 0.247 e. The molecule has 9 heteroatoms. The highest BCUT2D eigenvalue weighted by Crippen LogP contribution is 2.44. The fraction of sp³-hybridized carbons (Fsp3) is 0.190. The number of para-hydroxylation sites is 1. The number of hydrogen-bond donors (Lipinski definition) is 1. The van der Waals surface area contributed by atoms with Gasteiger partial charge in [-0.1, -0.05) is 47.6 Å². The third-order valence-corrected chi connectivity index (χ3v) is 5.47. The molecule has 1 aliphatic heterocycles. The van der Waals surface area contributed by atoms with E-state index in [1.807, 2.05) is 24.3 Å². The molecule has 0 saturated carbocycles. The van der Waals surface area contributed by atoms with Crippen LogP contribution in [0.25, 0.3) is 11.3 Å². The SMILES string of the molecule is C=CCSc1nnc2c(n1)O[C@H](c1cc(Cl)cc(OC)c1OC)Nc1ccccc1-2. The Hall–Kier alpha value is -2.97. The van der Waals surface area contributed by atoms with Crippen molar-refractivity contribution in [2.24, 2.45) is 0 Å². The number of aromatic nitrogens is 3. The van der Waals surface area contributed by atoms with Gasteiger partial charge in [0.25, 0.3) is 0 Å². The molecule has 2 aromatic carbocycles. The van der Waals surface area contributed by atoms with Gasteiger partial charge in [0.15, 0.2) is 17.2 Å².